The molecule has 102 valence electrons. The molecule has 0 saturated carbocycles. The molecular weight excluding hydrogens is 254 g/mol. The van der Waals surface area contributed by atoms with Crippen LogP contribution in [0.5, 0.6) is 0 Å². The highest BCUT2D eigenvalue weighted by molar-refractivity contribution is 6.31. The van der Waals surface area contributed by atoms with Crippen molar-refractivity contribution in [3.8, 4) is 0 Å². The first-order valence-electron chi connectivity index (χ1n) is 6.04. The maximum Gasteiger partial charge on any atom is 0.323 e. The molecule has 0 saturated heterocycles. The van der Waals surface area contributed by atoms with Gasteiger partial charge in [-0.25, -0.2) is 0 Å². The predicted octanol–water partition coefficient (Wildman–Crippen LogP) is 1.69. The van der Waals surface area contributed by atoms with Crippen molar-refractivity contribution < 1.29 is 9.53 Å². The van der Waals surface area contributed by atoms with Gasteiger partial charge in [-0.15, -0.1) is 0 Å². The molecule has 1 rings (SSSR count). The second-order valence-electron chi connectivity index (χ2n) is 4.09. The van der Waals surface area contributed by atoms with Gasteiger partial charge in [0.15, 0.2) is 0 Å². The van der Waals surface area contributed by atoms with E-state index in [1.54, 1.807) is 14.0 Å². The molecule has 1 unspecified atom stereocenters. The molecular formula is C12H20ClN3O2. The molecule has 0 radical (unpaired) electrons. The number of ether oxygens (including phenoxy) is 1. The molecule has 18 heavy (non-hydrogen) atoms. The van der Waals surface area contributed by atoms with Crippen LogP contribution in [0.4, 0.5) is 0 Å². The molecule has 6 heteroatoms. The van der Waals surface area contributed by atoms with E-state index in [-0.39, 0.29) is 12.0 Å². The van der Waals surface area contributed by atoms with E-state index >= 15 is 0 Å². The van der Waals surface area contributed by atoms with Gasteiger partial charge in [0, 0.05) is 6.54 Å². The molecule has 0 aliphatic heterocycles. The Morgan fingerprint density at radius 3 is 2.67 bits per heavy atom. The molecule has 1 aromatic rings. The SMILES string of the molecule is CCOC(=O)C(CCn1nc(C)c(Cl)c1C)NC. The summed E-state index contributed by atoms with van der Waals surface area (Å²) in [6, 6.07) is -0.312. The van der Waals surface area contributed by atoms with Gasteiger partial charge in [0.25, 0.3) is 0 Å². The number of esters is 1. The topological polar surface area (TPSA) is 56.2 Å². The van der Waals surface area contributed by atoms with Gasteiger partial charge in [-0.05, 0) is 34.2 Å². The van der Waals surface area contributed by atoms with E-state index in [4.69, 9.17) is 16.3 Å². The maximum atomic E-state index is 11.6. The Hall–Kier alpha value is -1.07. The van der Waals surface area contributed by atoms with Gasteiger partial charge in [0.1, 0.15) is 6.04 Å². The number of carbonyl (C=O) groups excluding carboxylic acids is 1. The van der Waals surface area contributed by atoms with Crippen LogP contribution < -0.4 is 5.32 Å². The lowest BCUT2D eigenvalue weighted by Gasteiger charge is -2.14. The van der Waals surface area contributed by atoms with Crippen LogP contribution in [0.25, 0.3) is 0 Å². The Kier molecular flexibility index (Phi) is 5.62. The molecule has 0 spiro atoms. The van der Waals surface area contributed by atoms with Gasteiger partial charge in [-0.1, -0.05) is 11.6 Å². The summed E-state index contributed by atoms with van der Waals surface area (Å²) in [7, 11) is 1.75. The van der Waals surface area contributed by atoms with Crippen LogP contribution in [0.3, 0.4) is 0 Å². The van der Waals surface area contributed by atoms with Crippen LogP contribution in [0.15, 0.2) is 0 Å². The summed E-state index contributed by atoms with van der Waals surface area (Å²) in [5, 5.41) is 7.96. The monoisotopic (exact) mass is 273 g/mol. The smallest absolute Gasteiger partial charge is 0.323 e. The molecule has 0 aliphatic carbocycles. The minimum Gasteiger partial charge on any atom is -0.465 e. The number of carbonyl (C=O) groups is 1. The van der Waals surface area contributed by atoms with Crippen LogP contribution in [0.2, 0.25) is 5.02 Å². The van der Waals surface area contributed by atoms with Gasteiger partial charge in [-0.2, -0.15) is 5.10 Å². The van der Waals surface area contributed by atoms with Crippen LogP contribution in [-0.4, -0.2) is 35.4 Å². The van der Waals surface area contributed by atoms with Crippen LogP contribution in [-0.2, 0) is 16.1 Å². The van der Waals surface area contributed by atoms with Crippen LogP contribution in [0.1, 0.15) is 24.7 Å². The van der Waals surface area contributed by atoms with Crippen LogP contribution in [0, 0.1) is 13.8 Å². The van der Waals surface area contributed by atoms with Crippen molar-refractivity contribution in [2.45, 2.75) is 39.8 Å². The minimum atomic E-state index is -0.312. The average molecular weight is 274 g/mol. The Morgan fingerprint density at radius 2 is 2.22 bits per heavy atom. The summed E-state index contributed by atoms with van der Waals surface area (Å²) in [6.45, 7) is 6.60. The van der Waals surface area contributed by atoms with E-state index in [1.807, 2.05) is 18.5 Å². The van der Waals surface area contributed by atoms with Crippen molar-refractivity contribution >= 4 is 17.6 Å². The third kappa shape index (κ3) is 3.46. The summed E-state index contributed by atoms with van der Waals surface area (Å²) in [4.78, 5) is 11.6. The lowest BCUT2D eigenvalue weighted by atomic mass is 10.2. The summed E-state index contributed by atoms with van der Waals surface area (Å²) < 4.78 is 6.81. The zero-order chi connectivity index (χ0) is 13.7. The highest BCUT2D eigenvalue weighted by atomic mass is 35.5. The van der Waals surface area contributed by atoms with Gasteiger partial charge < -0.3 is 10.1 Å². The lowest BCUT2D eigenvalue weighted by molar-refractivity contribution is -0.145. The van der Waals surface area contributed by atoms with Gasteiger partial charge in [-0.3, -0.25) is 9.48 Å². The Morgan fingerprint density at radius 1 is 1.56 bits per heavy atom. The fourth-order valence-electron chi connectivity index (χ4n) is 1.77. The third-order valence-electron chi connectivity index (χ3n) is 2.84. The maximum absolute atomic E-state index is 11.6. The van der Waals surface area contributed by atoms with Gasteiger partial charge >= 0.3 is 5.97 Å². The van der Waals surface area contributed by atoms with E-state index in [1.165, 1.54) is 0 Å². The Balaban J connectivity index is 2.62. The summed E-state index contributed by atoms with van der Waals surface area (Å²) >= 11 is 6.07. The lowest BCUT2D eigenvalue weighted by Crippen LogP contribution is -2.36. The first-order chi connectivity index (χ1) is 8.51. The number of halogens is 1. The minimum absolute atomic E-state index is 0.229. The molecule has 1 atom stereocenters. The van der Waals surface area contributed by atoms with Crippen molar-refractivity contribution in [2.75, 3.05) is 13.7 Å². The number of nitrogens with zero attached hydrogens (tertiary/aromatic N) is 2. The summed E-state index contributed by atoms with van der Waals surface area (Å²) in [5.41, 5.74) is 1.74. The average Bonchev–Trinajstić information content (AvgIpc) is 2.58. The summed E-state index contributed by atoms with van der Waals surface area (Å²) in [5.74, 6) is -0.229. The highest BCUT2D eigenvalue weighted by Gasteiger charge is 2.18. The van der Waals surface area contributed by atoms with Crippen molar-refractivity contribution in [3.63, 3.8) is 0 Å². The number of aromatic nitrogens is 2. The predicted molar refractivity (Wildman–Crippen MR) is 70.8 cm³/mol. The normalized spacial score (nSPS) is 12.5. The number of aryl methyl sites for hydroxylation is 2. The molecule has 0 aromatic carbocycles. The quantitative estimate of drug-likeness (QED) is 0.802. The van der Waals surface area contributed by atoms with E-state index in [0.29, 0.717) is 24.6 Å². The molecule has 5 nitrogen and oxygen atoms in total. The third-order valence-corrected chi connectivity index (χ3v) is 3.39. The molecule has 0 aliphatic rings. The molecule has 1 heterocycles. The van der Waals surface area contributed by atoms with E-state index in [2.05, 4.69) is 10.4 Å². The first-order valence-corrected chi connectivity index (χ1v) is 6.42. The number of rotatable bonds is 6. The fourth-order valence-corrected chi connectivity index (χ4v) is 1.90. The van der Waals surface area contributed by atoms with E-state index < -0.39 is 0 Å². The fraction of sp³-hybridized carbons (Fsp3) is 0.667. The standard InChI is InChI=1S/C12H20ClN3O2/c1-5-18-12(17)10(14-4)6-7-16-9(3)11(13)8(2)15-16/h10,14H,5-7H2,1-4H3. The molecule has 1 aromatic heterocycles. The second-order valence-corrected chi connectivity index (χ2v) is 4.47. The van der Waals surface area contributed by atoms with E-state index in [0.717, 1.165) is 11.4 Å². The second kappa shape index (κ2) is 6.75. The van der Waals surface area contributed by atoms with Crippen LogP contribution >= 0.6 is 11.6 Å². The molecule has 0 fully saturated rings. The van der Waals surface area contributed by atoms with Crippen molar-refractivity contribution in [3.05, 3.63) is 16.4 Å². The number of nitrogens with one attached hydrogen (secondary N) is 1. The van der Waals surface area contributed by atoms with Gasteiger partial charge in [0.2, 0.25) is 0 Å². The van der Waals surface area contributed by atoms with Gasteiger partial charge in [0.05, 0.1) is 23.0 Å². The van der Waals surface area contributed by atoms with E-state index in [9.17, 15) is 4.79 Å². The molecule has 0 bridgehead atoms. The Labute approximate surface area is 112 Å². The number of hydrogen-bond acceptors (Lipinski definition) is 4. The van der Waals surface area contributed by atoms with Crippen molar-refractivity contribution in [1.29, 1.82) is 0 Å². The number of likely N-dealkylation sites (N-methyl/N-ethyl adjacent to an activating group) is 1. The zero-order valence-electron chi connectivity index (χ0n) is 11.3. The highest BCUT2D eigenvalue weighted by Crippen LogP contribution is 2.19. The summed E-state index contributed by atoms with van der Waals surface area (Å²) in [6.07, 6.45) is 0.619. The Bertz CT molecular complexity index is 418. The number of hydrogen-bond donors (Lipinski definition) is 1. The zero-order valence-corrected chi connectivity index (χ0v) is 12.0. The largest absolute Gasteiger partial charge is 0.465 e. The van der Waals surface area contributed by atoms with Crippen molar-refractivity contribution in [2.24, 2.45) is 0 Å². The first kappa shape index (κ1) is 15.0. The molecule has 1 N–H and O–H groups in total. The van der Waals surface area contributed by atoms with Crippen molar-refractivity contribution in [1.82, 2.24) is 15.1 Å². The molecule has 0 amide bonds.